The number of sulfonamides is 1. The van der Waals surface area contributed by atoms with Gasteiger partial charge in [-0.25, -0.2) is 8.42 Å². The van der Waals surface area contributed by atoms with Crippen molar-refractivity contribution < 1.29 is 17.9 Å². The highest BCUT2D eigenvalue weighted by Gasteiger charge is 2.29. The number of aryl methyl sites for hydroxylation is 1. The summed E-state index contributed by atoms with van der Waals surface area (Å²) in [6.45, 7) is 6.28. The second-order valence-electron chi connectivity index (χ2n) is 6.51. The topological polar surface area (TPSA) is 75.7 Å². The highest BCUT2D eigenvalue weighted by Crippen LogP contribution is 2.22. The highest BCUT2D eigenvalue weighted by atomic mass is 32.2. The Morgan fingerprint density at radius 1 is 1.11 bits per heavy atom. The molecule has 152 valence electrons. The Labute approximate surface area is 167 Å². The number of hydrogen-bond donors (Lipinski definition) is 1. The molecule has 2 aromatic rings. The number of nitrogens with one attached hydrogen (secondary N) is 1. The average Bonchev–Trinajstić information content (AvgIpc) is 2.67. The van der Waals surface area contributed by atoms with Crippen molar-refractivity contribution in [2.24, 2.45) is 0 Å². The summed E-state index contributed by atoms with van der Waals surface area (Å²) in [5.74, 6) is 0.323. The fraction of sp³-hybridized carbons (Fsp3) is 0.381. The van der Waals surface area contributed by atoms with Gasteiger partial charge in [0.1, 0.15) is 11.8 Å². The van der Waals surface area contributed by atoms with Crippen LogP contribution < -0.4 is 14.4 Å². The number of nitrogens with zero attached hydrogens (tertiary/aromatic N) is 1. The number of ether oxygens (including phenoxy) is 1. The number of hydrogen-bond acceptors (Lipinski definition) is 4. The van der Waals surface area contributed by atoms with Gasteiger partial charge in [0.05, 0.1) is 18.6 Å². The van der Waals surface area contributed by atoms with Crippen LogP contribution in [-0.2, 0) is 27.8 Å². The zero-order chi connectivity index (χ0) is 20.7. The second-order valence-corrected chi connectivity index (χ2v) is 8.37. The van der Waals surface area contributed by atoms with Gasteiger partial charge in [-0.2, -0.15) is 0 Å². The first-order valence-electron chi connectivity index (χ1n) is 9.34. The van der Waals surface area contributed by atoms with Crippen LogP contribution in [0.25, 0.3) is 0 Å². The van der Waals surface area contributed by atoms with Crippen LogP contribution in [0.3, 0.4) is 0 Å². The molecule has 2 rings (SSSR count). The van der Waals surface area contributed by atoms with E-state index in [0.717, 1.165) is 28.1 Å². The molecule has 0 saturated carbocycles. The molecule has 0 unspecified atom stereocenters. The van der Waals surface area contributed by atoms with Crippen LogP contribution in [0.15, 0.2) is 48.5 Å². The lowest BCUT2D eigenvalue weighted by molar-refractivity contribution is -0.122. The van der Waals surface area contributed by atoms with E-state index in [9.17, 15) is 13.2 Å². The average molecular weight is 405 g/mol. The van der Waals surface area contributed by atoms with E-state index in [0.29, 0.717) is 18.0 Å². The number of amides is 1. The van der Waals surface area contributed by atoms with E-state index in [-0.39, 0.29) is 12.5 Å². The Kier molecular flexibility index (Phi) is 7.45. The molecule has 0 bridgehead atoms. The fourth-order valence-corrected chi connectivity index (χ4v) is 4.14. The van der Waals surface area contributed by atoms with Crippen molar-refractivity contribution in [3.8, 4) is 5.75 Å². The third kappa shape index (κ3) is 5.48. The molecule has 0 spiro atoms. The molecule has 28 heavy (non-hydrogen) atoms. The van der Waals surface area contributed by atoms with Crippen LogP contribution in [0, 0.1) is 0 Å². The maximum absolute atomic E-state index is 12.7. The number of rotatable bonds is 9. The summed E-state index contributed by atoms with van der Waals surface area (Å²) in [5.41, 5.74) is 2.40. The molecule has 0 aliphatic heterocycles. The van der Waals surface area contributed by atoms with Crippen molar-refractivity contribution in [2.75, 3.05) is 17.2 Å². The van der Waals surface area contributed by atoms with Crippen LogP contribution in [0.1, 0.15) is 31.9 Å². The maximum Gasteiger partial charge on any atom is 0.243 e. The molecule has 7 heteroatoms. The lowest BCUT2D eigenvalue weighted by Gasteiger charge is -2.28. The van der Waals surface area contributed by atoms with Gasteiger partial charge in [-0.05, 0) is 44.0 Å². The van der Waals surface area contributed by atoms with Gasteiger partial charge in [0.25, 0.3) is 0 Å². The molecular weight excluding hydrogens is 376 g/mol. The van der Waals surface area contributed by atoms with Crippen LogP contribution >= 0.6 is 0 Å². The Balaban J connectivity index is 2.18. The molecule has 0 fully saturated rings. The van der Waals surface area contributed by atoms with E-state index in [4.69, 9.17) is 4.74 Å². The van der Waals surface area contributed by atoms with Gasteiger partial charge in [-0.15, -0.1) is 0 Å². The molecule has 0 aliphatic rings. The predicted octanol–water partition coefficient (Wildman–Crippen LogP) is 3.12. The minimum atomic E-state index is -3.63. The van der Waals surface area contributed by atoms with Gasteiger partial charge in [0.15, 0.2) is 0 Å². The van der Waals surface area contributed by atoms with E-state index in [1.165, 1.54) is 0 Å². The first-order chi connectivity index (χ1) is 13.3. The van der Waals surface area contributed by atoms with Gasteiger partial charge in [-0.1, -0.05) is 37.3 Å². The first kappa shape index (κ1) is 21.8. The molecule has 0 radical (unpaired) electrons. The monoisotopic (exact) mass is 404 g/mol. The van der Waals surface area contributed by atoms with Crippen LogP contribution in [-0.4, -0.2) is 33.2 Å². The van der Waals surface area contributed by atoms with E-state index < -0.39 is 16.1 Å². The van der Waals surface area contributed by atoms with E-state index in [2.05, 4.69) is 5.32 Å². The molecule has 1 N–H and O–H groups in total. The van der Waals surface area contributed by atoms with Crippen LogP contribution in [0.4, 0.5) is 5.69 Å². The van der Waals surface area contributed by atoms with Crippen molar-refractivity contribution >= 4 is 21.6 Å². The fourth-order valence-electron chi connectivity index (χ4n) is 2.96. The Morgan fingerprint density at radius 3 is 2.32 bits per heavy atom. The first-order valence-corrected chi connectivity index (χ1v) is 11.2. The van der Waals surface area contributed by atoms with Gasteiger partial charge in [0, 0.05) is 12.1 Å². The van der Waals surface area contributed by atoms with Crippen LogP contribution in [0.2, 0.25) is 0 Å². The van der Waals surface area contributed by atoms with Crippen molar-refractivity contribution in [1.82, 2.24) is 5.32 Å². The highest BCUT2D eigenvalue weighted by molar-refractivity contribution is 7.92. The van der Waals surface area contributed by atoms with Crippen molar-refractivity contribution in [2.45, 2.75) is 39.8 Å². The summed E-state index contributed by atoms with van der Waals surface area (Å²) in [7, 11) is -3.63. The molecule has 2 aromatic carbocycles. The number of para-hydroxylation sites is 1. The quantitative estimate of drug-likeness (QED) is 0.697. The van der Waals surface area contributed by atoms with E-state index in [1.807, 2.05) is 50.2 Å². The normalized spacial score (nSPS) is 12.3. The molecule has 0 heterocycles. The van der Waals surface area contributed by atoms with Crippen LogP contribution in [0.5, 0.6) is 5.75 Å². The number of benzene rings is 2. The Bertz CT molecular complexity index is 895. The summed E-state index contributed by atoms with van der Waals surface area (Å²) in [4.78, 5) is 12.7. The molecule has 0 saturated heterocycles. The minimum absolute atomic E-state index is 0.256. The van der Waals surface area contributed by atoms with E-state index in [1.54, 1.807) is 19.1 Å². The number of carbonyl (C=O) groups excluding carboxylic acids is 1. The summed E-state index contributed by atoms with van der Waals surface area (Å²) in [6, 6.07) is 13.8. The number of anilines is 1. The predicted molar refractivity (Wildman–Crippen MR) is 112 cm³/mol. The Morgan fingerprint density at radius 2 is 1.75 bits per heavy atom. The van der Waals surface area contributed by atoms with Crippen molar-refractivity contribution in [3.63, 3.8) is 0 Å². The standard InChI is InChI=1S/C21H28N2O4S/c1-5-17-11-13-19(14-12-17)23(28(4,25)26)16(3)21(24)22-15-18-9-7-8-10-20(18)27-6-2/h7-14,16H,5-6,15H2,1-4H3,(H,22,24)/t16-/m0/s1. The molecular formula is C21H28N2O4S. The molecule has 0 aromatic heterocycles. The maximum atomic E-state index is 12.7. The smallest absolute Gasteiger partial charge is 0.243 e. The lowest BCUT2D eigenvalue weighted by Crippen LogP contribution is -2.47. The Hall–Kier alpha value is -2.54. The summed E-state index contributed by atoms with van der Waals surface area (Å²) < 4.78 is 31.5. The third-order valence-corrected chi connectivity index (χ3v) is 5.65. The largest absolute Gasteiger partial charge is 0.494 e. The van der Waals surface area contributed by atoms with Crippen molar-refractivity contribution in [1.29, 1.82) is 0 Å². The zero-order valence-corrected chi connectivity index (χ0v) is 17.6. The summed E-state index contributed by atoms with van der Waals surface area (Å²) in [6.07, 6.45) is 1.96. The van der Waals surface area contributed by atoms with Gasteiger partial charge < -0.3 is 10.1 Å². The van der Waals surface area contributed by atoms with E-state index >= 15 is 0 Å². The summed E-state index contributed by atoms with van der Waals surface area (Å²) in [5, 5.41) is 2.82. The molecule has 1 atom stereocenters. The number of carbonyl (C=O) groups is 1. The van der Waals surface area contributed by atoms with Gasteiger partial charge >= 0.3 is 0 Å². The minimum Gasteiger partial charge on any atom is -0.494 e. The molecule has 6 nitrogen and oxygen atoms in total. The van der Waals surface area contributed by atoms with Crippen molar-refractivity contribution in [3.05, 3.63) is 59.7 Å². The SMILES string of the molecule is CCOc1ccccc1CNC(=O)[C@H](C)N(c1ccc(CC)cc1)S(C)(=O)=O. The molecule has 1 amide bonds. The van der Waals surface area contributed by atoms with Gasteiger partial charge in [0.2, 0.25) is 15.9 Å². The molecule has 0 aliphatic carbocycles. The zero-order valence-electron chi connectivity index (χ0n) is 16.8. The van der Waals surface area contributed by atoms with Gasteiger partial charge in [-0.3, -0.25) is 9.10 Å². The third-order valence-electron chi connectivity index (χ3n) is 4.41. The second kappa shape index (κ2) is 9.59. The lowest BCUT2D eigenvalue weighted by atomic mass is 10.1. The summed E-state index contributed by atoms with van der Waals surface area (Å²) >= 11 is 0.